The summed E-state index contributed by atoms with van der Waals surface area (Å²) in [6, 6.07) is 11.6. The van der Waals surface area contributed by atoms with Crippen LogP contribution in [0.4, 0.5) is 20.3 Å². The van der Waals surface area contributed by atoms with Gasteiger partial charge in [0.2, 0.25) is 0 Å². The van der Waals surface area contributed by atoms with Gasteiger partial charge < -0.3 is 15.0 Å². The molecule has 3 heterocycles. The molecule has 1 aromatic carbocycles. The molecule has 4 rings (SSSR count). The number of anilines is 2. The van der Waals surface area contributed by atoms with E-state index in [1.165, 1.54) is 12.1 Å². The summed E-state index contributed by atoms with van der Waals surface area (Å²) in [6.45, 7) is 3.64. The molecule has 1 amide bonds. The predicted molar refractivity (Wildman–Crippen MR) is 110 cm³/mol. The third-order valence-corrected chi connectivity index (χ3v) is 4.97. The SMILES string of the molecule is O=C(NCC1=CN(c2cccc(C(F)F)c2)NC1)c1cccc(N2CCOCC2)n1. The van der Waals surface area contributed by atoms with E-state index in [4.69, 9.17) is 4.74 Å². The minimum absolute atomic E-state index is 0.0318. The van der Waals surface area contributed by atoms with E-state index in [0.29, 0.717) is 37.7 Å². The number of halogens is 2. The molecule has 0 bridgehead atoms. The number of hydrogen-bond donors (Lipinski definition) is 2. The van der Waals surface area contributed by atoms with Crippen molar-refractivity contribution in [2.75, 3.05) is 49.3 Å². The molecule has 7 nitrogen and oxygen atoms in total. The molecule has 0 atom stereocenters. The summed E-state index contributed by atoms with van der Waals surface area (Å²) in [6.07, 6.45) is -0.710. The van der Waals surface area contributed by atoms with E-state index in [2.05, 4.69) is 20.6 Å². The molecular weight excluding hydrogens is 392 g/mol. The van der Waals surface area contributed by atoms with Crippen molar-refractivity contribution in [1.82, 2.24) is 15.7 Å². The minimum atomic E-state index is -2.52. The number of amides is 1. The Morgan fingerprint density at radius 2 is 2.00 bits per heavy atom. The summed E-state index contributed by atoms with van der Waals surface area (Å²) in [5.74, 6) is 0.502. The summed E-state index contributed by atoms with van der Waals surface area (Å²) < 4.78 is 31.2. The summed E-state index contributed by atoms with van der Waals surface area (Å²) in [5.41, 5.74) is 4.98. The van der Waals surface area contributed by atoms with Gasteiger partial charge in [0.1, 0.15) is 11.5 Å². The van der Waals surface area contributed by atoms with Crippen LogP contribution in [0.1, 0.15) is 22.5 Å². The molecule has 158 valence electrons. The molecule has 0 radical (unpaired) electrons. The summed E-state index contributed by atoms with van der Waals surface area (Å²) in [5, 5.41) is 4.56. The number of nitrogens with one attached hydrogen (secondary N) is 2. The fourth-order valence-electron chi connectivity index (χ4n) is 3.35. The highest BCUT2D eigenvalue weighted by Gasteiger charge is 2.18. The fourth-order valence-corrected chi connectivity index (χ4v) is 3.35. The Labute approximate surface area is 173 Å². The van der Waals surface area contributed by atoms with E-state index in [0.717, 1.165) is 24.5 Å². The number of ether oxygens (including phenoxy) is 1. The van der Waals surface area contributed by atoms with Gasteiger partial charge in [0, 0.05) is 37.9 Å². The zero-order valence-electron chi connectivity index (χ0n) is 16.4. The van der Waals surface area contributed by atoms with Gasteiger partial charge in [0.05, 0.1) is 18.9 Å². The van der Waals surface area contributed by atoms with Gasteiger partial charge in [-0.2, -0.15) is 0 Å². The van der Waals surface area contributed by atoms with Crippen LogP contribution in [0.3, 0.4) is 0 Å². The zero-order valence-corrected chi connectivity index (χ0v) is 16.4. The first-order valence-electron chi connectivity index (χ1n) is 9.78. The van der Waals surface area contributed by atoms with Crippen molar-refractivity contribution < 1.29 is 18.3 Å². The lowest BCUT2D eigenvalue weighted by Crippen LogP contribution is -2.37. The average Bonchev–Trinajstić information content (AvgIpc) is 3.27. The average molecular weight is 415 g/mol. The van der Waals surface area contributed by atoms with Crippen LogP contribution in [0.5, 0.6) is 0 Å². The molecule has 2 aliphatic rings. The van der Waals surface area contributed by atoms with Crippen LogP contribution in [0.15, 0.2) is 54.2 Å². The van der Waals surface area contributed by atoms with Crippen molar-refractivity contribution in [2.45, 2.75) is 6.43 Å². The number of morpholine rings is 1. The lowest BCUT2D eigenvalue weighted by Gasteiger charge is -2.27. The second-order valence-electron chi connectivity index (χ2n) is 7.05. The number of carbonyl (C=O) groups is 1. The fraction of sp³-hybridized carbons (Fsp3) is 0.333. The Morgan fingerprint density at radius 1 is 1.20 bits per heavy atom. The molecule has 0 aliphatic carbocycles. The van der Waals surface area contributed by atoms with Crippen molar-refractivity contribution in [1.29, 1.82) is 0 Å². The Morgan fingerprint density at radius 3 is 2.80 bits per heavy atom. The van der Waals surface area contributed by atoms with Crippen LogP contribution in [0, 0.1) is 0 Å². The highest BCUT2D eigenvalue weighted by molar-refractivity contribution is 5.92. The molecule has 0 saturated carbocycles. The number of rotatable bonds is 6. The second-order valence-corrected chi connectivity index (χ2v) is 7.05. The Hall–Kier alpha value is -3.04. The quantitative estimate of drug-likeness (QED) is 0.756. The van der Waals surface area contributed by atoms with Crippen LogP contribution in [-0.2, 0) is 4.74 Å². The maximum Gasteiger partial charge on any atom is 0.270 e. The largest absolute Gasteiger partial charge is 0.378 e. The Balaban J connectivity index is 1.36. The molecule has 1 aromatic heterocycles. The number of hydrazine groups is 1. The lowest BCUT2D eigenvalue weighted by atomic mass is 10.2. The van der Waals surface area contributed by atoms with Gasteiger partial charge in [-0.05, 0) is 29.8 Å². The van der Waals surface area contributed by atoms with Crippen LogP contribution < -0.4 is 20.7 Å². The molecule has 9 heteroatoms. The van der Waals surface area contributed by atoms with E-state index < -0.39 is 6.43 Å². The molecule has 1 saturated heterocycles. The first kappa shape index (κ1) is 20.2. The number of pyridine rings is 1. The molecule has 0 spiro atoms. The Kier molecular flexibility index (Phi) is 6.20. The smallest absolute Gasteiger partial charge is 0.270 e. The molecule has 2 aromatic rings. The summed E-state index contributed by atoms with van der Waals surface area (Å²) in [7, 11) is 0. The van der Waals surface area contributed by atoms with Crippen LogP contribution in [0.2, 0.25) is 0 Å². The number of carbonyl (C=O) groups excluding carboxylic acids is 1. The van der Waals surface area contributed by atoms with Crippen LogP contribution in [-0.4, -0.2) is 50.3 Å². The standard InChI is InChI=1S/C21H23F2N5O2/c22-20(23)16-3-1-4-17(11-16)28-14-15(13-25-28)12-24-21(29)18-5-2-6-19(26-18)27-7-9-30-10-8-27/h1-6,11,14,20,25H,7-10,12-13H2,(H,24,29). The van der Waals surface area contributed by atoms with E-state index >= 15 is 0 Å². The van der Waals surface area contributed by atoms with Crippen molar-refractivity contribution >= 4 is 17.4 Å². The van der Waals surface area contributed by atoms with Crippen molar-refractivity contribution in [3.63, 3.8) is 0 Å². The van der Waals surface area contributed by atoms with Gasteiger partial charge >= 0.3 is 0 Å². The van der Waals surface area contributed by atoms with Crippen molar-refractivity contribution in [2.24, 2.45) is 0 Å². The zero-order chi connectivity index (χ0) is 20.9. The van der Waals surface area contributed by atoms with Gasteiger partial charge in [0.25, 0.3) is 12.3 Å². The maximum atomic E-state index is 12.9. The van der Waals surface area contributed by atoms with E-state index in [1.807, 2.05) is 18.3 Å². The minimum Gasteiger partial charge on any atom is -0.378 e. The lowest BCUT2D eigenvalue weighted by molar-refractivity contribution is 0.0952. The van der Waals surface area contributed by atoms with Crippen molar-refractivity contribution in [3.8, 4) is 0 Å². The number of alkyl halides is 2. The number of aromatic nitrogens is 1. The van der Waals surface area contributed by atoms with Crippen molar-refractivity contribution in [3.05, 3.63) is 65.5 Å². The summed E-state index contributed by atoms with van der Waals surface area (Å²) in [4.78, 5) is 19.1. The topological polar surface area (TPSA) is 69.7 Å². The molecular formula is C21H23F2N5O2. The van der Waals surface area contributed by atoms with Gasteiger partial charge in [-0.15, -0.1) is 0 Å². The van der Waals surface area contributed by atoms with E-state index in [-0.39, 0.29) is 11.5 Å². The Bertz CT molecular complexity index is 931. The monoisotopic (exact) mass is 415 g/mol. The molecule has 2 aliphatic heterocycles. The highest BCUT2D eigenvalue weighted by Crippen LogP contribution is 2.25. The molecule has 0 unspecified atom stereocenters. The third-order valence-electron chi connectivity index (χ3n) is 4.97. The highest BCUT2D eigenvalue weighted by atomic mass is 19.3. The first-order chi connectivity index (χ1) is 14.6. The van der Waals surface area contributed by atoms with Gasteiger partial charge in [-0.1, -0.05) is 18.2 Å². The van der Waals surface area contributed by atoms with Crippen LogP contribution >= 0.6 is 0 Å². The first-order valence-corrected chi connectivity index (χ1v) is 9.78. The molecule has 1 fully saturated rings. The van der Waals surface area contributed by atoms with Gasteiger partial charge in [-0.3, -0.25) is 9.80 Å². The number of nitrogens with zero attached hydrogens (tertiary/aromatic N) is 3. The maximum absolute atomic E-state index is 12.9. The normalized spacial score (nSPS) is 16.7. The van der Waals surface area contributed by atoms with E-state index in [1.54, 1.807) is 23.2 Å². The molecule has 2 N–H and O–H groups in total. The number of benzene rings is 1. The second kappa shape index (κ2) is 9.19. The molecule has 30 heavy (non-hydrogen) atoms. The third kappa shape index (κ3) is 4.74. The van der Waals surface area contributed by atoms with Gasteiger partial charge in [-0.25, -0.2) is 19.2 Å². The van der Waals surface area contributed by atoms with E-state index in [9.17, 15) is 13.6 Å². The predicted octanol–water partition coefficient (Wildman–Crippen LogP) is 2.49. The summed E-state index contributed by atoms with van der Waals surface area (Å²) >= 11 is 0. The number of hydrogen-bond acceptors (Lipinski definition) is 6. The van der Waals surface area contributed by atoms with Gasteiger partial charge in [0.15, 0.2) is 0 Å². The van der Waals surface area contributed by atoms with Crippen LogP contribution in [0.25, 0.3) is 0 Å².